The molecule has 14 heavy (non-hydrogen) atoms. The standard InChI is InChI=1S/C14H15/c1-11(2)13-9-5-6-10-14(13)12-7-3-4-8-12/h3,5-7,9-11H,4H2,1-2H3. The molecule has 1 aromatic carbocycles. The smallest absolute Gasteiger partial charge is 0.00849 e. The van der Waals surface area contributed by atoms with E-state index in [9.17, 15) is 0 Å². The van der Waals surface area contributed by atoms with Crippen molar-refractivity contribution in [1.82, 2.24) is 0 Å². The molecule has 2 rings (SSSR count). The molecule has 1 aliphatic rings. The van der Waals surface area contributed by atoms with Crippen molar-refractivity contribution < 1.29 is 0 Å². The van der Waals surface area contributed by atoms with Gasteiger partial charge in [-0.2, -0.15) is 0 Å². The summed E-state index contributed by atoms with van der Waals surface area (Å²) in [5.41, 5.74) is 4.02. The summed E-state index contributed by atoms with van der Waals surface area (Å²) in [6, 6.07) is 8.61. The summed E-state index contributed by atoms with van der Waals surface area (Å²) in [5.74, 6) is 0.578. The Kier molecular flexibility index (Phi) is 2.53. The van der Waals surface area contributed by atoms with E-state index >= 15 is 0 Å². The van der Waals surface area contributed by atoms with E-state index in [0.29, 0.717) is 5.92 Å². The normalized spacial score (nSPS) is 14.9. The van der Waals surface area contributed by atoms with Crippen molar-refractivity contribution in [2.24, 2.45) is 0 Å². The Morgan fingerprint density at radius 3 is 2.64 bits per heavy atom. The zero-order valence-electron chi connectivity index (χ0n) is 8.75. The fourth-order valence-electron chi connectivity index (χ4n) is 1.84. The van der Waals surface area contributed by atoms with E-state index in [-0.39, 0.29) is 0 Å². The van der Waals surface area contributed by atoms with Crippen molar-refractivity contribution in [3.8, 4) is 0 Å². The van der Waals surface area contributed by atoms with Gasteiger partial charge in [0.1, 0.15) is 0 Å². The highest BCUT2D eigenvalue weighted by molar-refractivity contribution is 5.76. The Hall–Kier alpha value is -1.30. The third-order valence-electron chi connectivity index (χ3n) is 2.57. The highest BCUT2D eigenvalue weighted by Crippen LogP contribution is 2.28. The highest BCUT2D eigenvalue weighted by atomic mass is 14.1. The van der Waals surface area contributed by atoms with Crippen LogP contribution in [0.3, 0.4) is 0 Å². The van der Waals surface area contributed by atoms with Crippen molar-refractivity contribution in [2.45, 2.75) is 26.2 Å². The zero-order chi connectivity index (χ0) is 9.97. The average molecular weight is 183 g/mol. The van der Waals surface area contributed by atoms with Gasteiger partial charge in [0, 0.05) is 0 Å². The lowest BCUT2D eigenvalue weighted by molar-refractivity contribution is 0.863. The molecular formula is C14H15. The number of benzene rings is 1. The summed E-state index contributed by atoms with van der Waals surface area (Å²) < 4.78 is 0. The van der Waals surface area contributed by atoms with Crippen LogP contribution in [0.5, 0.6) is 0 Å². The van der Waals surface area contributed by atoms with Crippen molar-refractivity contribution >= 4 is 5.57 Å². The molecule has 71 valence electrons. The summed E-state index contributed by atoms with van der Waals surface area (Å²) in [4.78, 5) is 0. The van der Waals surface area contributed by atoms with E-state index in [2.05, 4.69) is 56.3 Å². The maximum atomic E-state index is 3.37. The number of rotatable bonds is 2. The predicted octanol–water partition coefficient (Wildman–Crippen LogP) is 3.96. The minimum atomic E-state index is 0.578. The molecular weight excluding hydrogens is 168 g/mol. The molecule has 0 saturated heterocycles. The molecule has 0 heteroatoms. The zero-order valence-corrected chi connectivity index (χ0v) is 8.75. The minimum absolute atomic E-state index is 0.578. The van der Waals surface area contributed by atoms with Gasteiger partial charge in [0.05, 0.1) is 0 Å². The van der Waals surface area contributed by atoms with Crippen LogP contribution >= 0.6 is 0 Å². The lowest BCUT2D eigenvalue weighted by Crippen LogP contribution is -1.93. The highest BCUT2D eigenvalue weighted by Gasteiger charge is 2.09. The summed E-state index contributed by atoms with van der Waals surface area (Å²) in [6.45, 7) is 4.47. The van der Waals surface area contributed by atoms with Crippen LogP contribution < -0.4 is 0 Å². The van der Waals surface area contributed by atoms with Gasteiger partial charge in [-0.1, -0.05) is 50.3 Å². The van der Waals surface area contributed by atoms with Crippen molar-refractivity contribution in [3.05, 3.63) is 53.6 Å². The summed E-state index contributed by atoms with van der Waals surface area (Å²) >= 11 is 0. The topological polar surface area (TPSA) is 0 Å². The molecule has 1 aromatic rings. The maximum absolute atomic E-state index is 3.37. The van der Waals surface area contributed by atoms with Crippen LogP contribution in [0.2, 0.25) is 0 Å². The number of allylic oxidation sites excluding steroid dienone is 4. The van der Waals surface area contributed by atoms with E-state index in [1.165, 1.54) is 16.7 Å². The van der Waals surface area contributed by atoms with Crippen molar-refractivity contribution in [3.63, 3.8) is 0 Å². The number of hydrogen-bond acceptors (Lipinski definition) is 0. The van der Waals surface area contributed by atoms with E-state index in [1.807, 2.05) is 0 Å². The first-order valence-electron chi connectivity index (χ1n) is 5.15. The first-order chi connectivity index (χ1) is 6.79. The van der Waals surface area contributed by atoms with Crippen molar-refractivity contribution in [2.75, 3.05) is 0 Å². The number of hydrogen-bond donors (Lipinski definition) is 0. The largest absolute Gasteiger partial charge is 0.0795 e. The Morgan fingerprint density at radius 1 is 1.21 bits per heavy atom. The molecule has 0 aliphatic heterocycles. The molecule has 0 N–H and O–H groups in total. The second-order valence-corrected chi connectivity index (χ2v) is 3.94. The fourth-order valence-corrected chi connectivity index (χ4v) is 1.84. The molecule has 1 aliphatic carbocycles. The monoisotopic (exact) mass is 183 g/mol. The minimum Gasteiger partial charge on any atom is -0.0795 e. The Morgan fingerprint density at radius 2 is 2.00 bits per heavy atom. The summed E-state index contributed by atoms with van der Waals surface area (Å²) in [7, 11) is 0. The summed E-state index contributed by atoms with van der Waals surface area (Å²) in [6.07, 6.45) is 8.66. The van der Waals surface area contributed by atoms with E-state index < -0.39 is 0 Å². The molecule has 0 heterocycles. The molecule has 0 amide bonds. The van der Waals surface area contributed by atoms with Gasteiger partial charge in [-0.05, 0) is 35.1 Å². The van der Waals surface area contributed by atoms with Gasteiger partial charge < -0.3 is 0 Å². The average Bonchev–Trinajstić information content (AvgIpc) is 2.70. The third-order valence-corrected chi connectivity index (χ3v) is 2.57. The Bertz CT molecular complexity index is 381. The van der Waals surface area contributed by atoms with E-state index in [0.717, 1.165) is 6.42 Å². The van der Waals surface area contributed by atoms with E-state index in [1.54, 1.807) is 0 Å². The quantitative estimate of drug-likeness (QED) is 0.651. The van der Waals surface area contributed by atoms with Crippen LogP contribution in [0.25, 0.3) is 5.57 Å². The van der Waals surface area contributed by atoms with Gasteiger partial charge in [-0.25, -0.2) is 0 Å². The lowest BCUT2D eigenvalue weighted by atomic mass is 9.93. The first kappa shape index (κ1) is 9.26. The first-order valence-corrected chi connectivity index (χ1v) is 5.15. The van der Waals surface area contributed by atoms with Gasteiger partial charge in [-0.3, -0.25) is 0 Å². The van der Waals surface area contributed by atoms with Gasteiger partial charge >= 0.3 is 0 Å². The molecule has 0 spiro atoms. The molecule has 0 bridgehead atoms. The fraction of sp³-hybridized carbons (Fsp3) is 0.286. The predicted molar refractivity (Wildman–Crippen MR) is 60.9 cm³/mol. The van der Waals surface area contributed by atoms with Gasteiger partial charge in [0.25, 0.3) is 0 Å². The second-order valence-electron chi connectivity index (χ2n) is 3.94. The molecule has 0 unspecified atom stereocenters. The van der Waals surface area contributed by atoms with E-state index in [4.69, 9.17) is 0 Å². The van der Waals surface area contributed by atoms with Crippen molar-refractivity contribution in [1.29, 1.82) is 0 Å². The molecule has 0 atom stereocenters. The molecule has 0 aromatic heterocycles. The molecule has 0 nitrogen and oxygen atoms in total. The van der Waals surface area contributed by atoms with Gasteiger partial charge in [-0.15, -0.1) is 0 Å². The SMILES string of the molecule is CC(C)c1ccccc1C1=[C]CC=C1. The molecule has 0 saturated carbocycles. The van der Waals surface area contributed by atoms with Crippen LogP contribution in [0.4, 0.5) is 0 Å². The van der Waals surface area contributed by atoms with Crippen LogP contribution in [-0.2, 0) is 0 Å². The maximum Gasteiger partial charge on any atom is -0.00849 e. The Balaban J connectivity index is 2.46. The van der Waals surface area contributed by atoms with Crippen LogP contribution in [-0.4, -0.2) is 0 Å². The lowest BCUT2D eigenvalue weighted by Gasteiger charge is -2.12. The Labute approximate surface area is 86.0 Å². The van der Waals surface area contributed by atoms with Crippen LogP contribution in [0, 0.1) is 6.08 Å². The van der Waals surface area contributed by atoms with Crippen LogP contribution in [0.15, 0.2) is 36.4 Å². The van der Waals surface area contributed by atoms with Gasteiger partial charge in [0.2, 0.25) is 0 Å². The second kappa shape index (κ2) is 3.83. The van der Waals surface area contributed by atoms with Gasteiger partial charge in [0.15, 0.2) is 0 Å². The molecule has 0 fully saturated rings. The molecule has 1 radical (unpaired) electrons. The third kappa shape index (κ3) is 1.65. The summed E-state index contributed by atoms with van der Waals surface area (Å²) in [5, 5.41) is 0. The van der Waals surface area contributed by atoms with Crippen LogP contribution in [0.1, 0.15) is 37.3 Å².